The molecule has 1 saturated carbocycles. The van der Waals surface area contributed by atoms with Crippen molar-refractivity contribution in [3.8, 4) is 0 Å². The Bertz CT molecular complexity index is 810. The van der Waals surface area contributed by atoms with E-state index in [1.807, 2.05) is 60.7 Å². The normalized spacial score (nSPS) is 11.5. The Morgan fingerprint density at radius 3 is 1.46 bits per heavy atom. The molecule has 0 N–H and O–H groups in total. The topological polar surface area (TPSA) is 29.1 Å². The second-order valence-corrected chi connectivity index (χ2v) is 13.4. The Kier molecular flexibility index (Phi) is 24.9. The molecular weight excluding hydrogens is 560 g/mol. The first-order chi connectivity index (χ1) is 17.4. The van der Waals surface area contributed by atoms with Crippen molar-refractivity contribution in [3.05, 3.63) is 103 Å². The summed E-state index contributed by atoms with van der Waals surface area (Å²) in [4.78, 5) is 0. The molecule has 202 valence electrons. The van der Waals surface area contributed by atoms with E-state index in [2.05, 4.69) is 66.8 Å². The zero-order chi connectivity index (χ0) is 27.2. The number of hydrogen-bond acceptors (Lipinski definition) is 1. The first-order valence-corrected chi connectivity index (χ1v) is 14.6. The summed E-state index contributed by atoms with van der Waals surface area (Å²) in [6.07, 6.45) is 11.9. The minimum Gasteiger partial charge on any atom is 2.00 e. The fourth-order valence-electron chi connectivity index (χ4n) is 4.38. The van der Waals surface area contributed by atoms with Crippen molar-refractivity contribution < 1.29 is 28.9 Å². The van der Waals surface area contributed by atoms with E-state index in [1.54, 1.807) is 6.08 Å². The van der Waals surface area contributed by atoms with E-state index < -0.39 is 0 Å². The molecule has 0 heterocycles. The van der Waals surface area contributed by atoms with Gasteiger partial charge in [-0.2, -0.15) is 0 Å². The molecule has 0 bridgehead atoms. The Hall–Kier alpha value is -1.71. The molecule has 4 heteroatoms. The van der Waals surface area contributed by atoms with E-state index >= 15 is 0 Å². The summed E-state index contributed by atoms with van der Waals surface area (Å²) < 4.78 is 12.7. The van der Waals surface area contributed by atoms with Gasteiger partial charge in [0.15, 0.2) is 0 Å². The summed E-state index contributed by atoms with van der Waals surface area (Å²) in [5.41, 5.74) is 8.91. The van der Waals surface area contributed by atoms with E-state index in [-0.39, 0.29) is 27.4 Å². The SMILES string of the molecule is C1CCCC1.C=CCO[C-]=C=C(c1ccccc1)c1ccccc1.CC(C)P(C(C)C)C(C)C.[C-]#[O+].[Ru+2]. The second-order valence-electron chi connectivity index (χ2n) is 9.43. The van der Waals surface area contributed by atoms with Crippen LogP contribution >= 0.6 is 7.92 Å². The Balaban J connectivity index is 0. The van der Waals surface area contributed by atoms with Crippen LogP contribution in [0, 0.1) is 12.9 Å². The van der Waals surface area contributed by atoms with Crippen LogP contribution < -0.4 is 0 Å². The van der Waals surface area contributed by atoms with E-state index in [4.69, 9.17) is 9.39 Å². The Labute approximate surface area is 241 Å². The van der Waals surface area contributed by atoms with Gasteiger partial charge >= 0.3 is 30.8 Å². The van der Waals surface area contributed by atoms with Crippen molar-refractivity contribution in [1.29, 1.82) is 0 Å². The minimum absolute atomic E-state index is 0. The first kappa shape index (κ1) is 37.4. The average Bonchev–Trinajstić information content (AvgIpc) is 3.47. The number of hydrogen-bond donors (Lipinski definition) is 0. The van der Waals surface area contributed by atoms with Gasteiger partial charge in [-0.3, -0.25) is 5.73 Å². The molecule has 2 nitrogen and oxygen atoms in total. The van der Waals surface area contributed by atoms with Crippen LogP contribution in [0.5, 0.6) is 0 Å². The van der Waals surface area contributed by atoms with Gasteiger partial charge in [-0.25, -0.2) is 0 Å². The predicted octanol–water partition coefficient (Wildman–Crippen LogP) is 9.84. The van der Waals surface area contributed by atoms with Crippen molar-refractivity contribution >= 4 is 13.5 Å². The summed E-state index contributed by atoms with van der Waals surface area (Å²) in [5, 5.41) is 0. The third-order valence-corrected chi connectivity index (χ3v) is 9.19. The molecule has 0 aromatic heterocycles. The van der Waals surface area contributed by atoms with Gasteiger partial charge in [0.2, 0.25) is 0 Å². The number of rotatable bonds is 8. The summed E-state index contributed by atoms with van der Waals surface area (Å²) in [6, 6.07) is 20.2. The molecule has 1 fully saturated rings. The van der Waals surface area contributed by atoms with Crippen LogP contribution in [0.1, 0.15) is 84.8 Å². The van der Waals surface area contributed by atoms with Crippen LogP contribution in [0.3, 0.4) is 0 Å². The molecule has 0 saturated heterocycles. The first-order valence-electron chi connectivity index (χ1n) is 13.1. The van der Waals surface area contributed by atoms with Crippen LogP contribution in [0.4, 0.5) is 0 Å². The zero-order valence-electron chi connectivity index (χ0n) is 23.6. The summed E-state index contributed by atoms with van der Waals surface area (Å²) >= 11 is 0. The largest absolute Gasteiger partial charge is 2.00 e. The van der Waals surface area contributed by atoms with Gasteiger partial charge in [-0.1, -0.05) is 166 Å². The van der Waals surface area contributed by atoms with Gasteiger partial charge in [0.1, 0.15) is 0 Å². The monoisotopic (exact) mass is 607 g/mol. The van der Waals surface area contributed by atoms with Gasteiger partial charge < -0.3 is 4.74 Å². The van der Waals surface area contributed by atoms with E-state index in [0.29, 0.717) is 6.61 Å². The number of ether oxygens (including phenoxy) is 1. The fraction of sp³-hybridized carbons (Fsp3) is 0.455. The molecule has 1 aliphatic carbocycles. The quantitative estimate of drug-likeness (QED) is 0.0430. The summed E-state index contributed by atoms with van der Waals surface area (Å²) in [5.74, 6) is 0. The van der Waals surface area contributed by atoms with E-state index in [9.17, 15) is 0 Å². The fourth-order valence-corrected chi connectivity index (χ4v) is 7.96. The van der Waals surface area contributed by atoms with Gasteiger partial charge in [0.05, 0.1) is 6.61 Å². The molecule has 0 atom stereocenters. The molecule has 0 amide bonds. The predicted molar refractivity (Wildman–Crippen MR) is 158 cm³/mol. The van der Waals surface area contributed by atoms with Crippen LogP contribution in [0.25, 0.3) is 5.57 Å². The maximum atomic E-state index is 7.50. The molecule has 2 aromatic rings. The Morgan fingerprint density at radius 1 is 0.838 bits per heavy atom. The molecule has 0 unspecified atom stereocenters. The molecule has 0 radical (unpaired) electrons. The summed E-state index contributed by atoms with van der Waals surface area (Å²) in [6.45, 7) is 22.6. The van der Waals surface area contributed by atoms with Gasteiger partial charge in [0.25, 0.3) is 0 Å². The third-order valence-electron chi connectivity index (χ3n) is 5.61. The molecule has 0 aliphatic heterocycles. The van der Waals surface area contributed by atoms with Crippen molar-refractivity contribution in [2.24, 2.45) is 0 Å². The van der Waals surface area contributed by atoms with Crippen LogP contribution in [-0.2, 0) is 28.9 Å². The molecule has 37 heavy (non-hydrogen) atoms. The smallest absolute Gasteiger partial charge is 2.00 e. The Morgan fingerprint density at radius 2 is 1.19 bits per heavy atom. The average molecular weight is 607 g/mol. The van der Waals surface area contributed by atoms with Crippen molar-refractivity contribution in [2.75, 3.05) is 6.61 Å². The van der Waals surface area contributed by atoms with E-state index in [0.717, 1.165) is 33.7 Å². The maximum absolute atomic E-state index is 7.50. The van der Waals surface area contributed by atoms with Crippen molar-refractivity contribution in [2.45, 2.75) is 90.6 Å². The standard InChI is InChI=1S/C18H15O.C9H21P.C5H10.CO.Ru/c1-2-14-19-15-13-18(16-9-5-3-6-10-16)17-11-7-4-8-12-17;1-7(2)10(8(3)4)9(5)6;1-2-4-5-3-1;1-2;/h2-12H,1,14H2;7-9H,1-6H3;1-5H2;;/q-1;;;;+2. The molecule has 1 aliphatic rings. The van der Waals surface area contributed by atoms with Crippen LogP contribution in [0.2, 0.25) is 0 Å². The van der Waals surface area contributed by atoms with Gasteiger partial charge in [-0.15, -0.1) is 5.57 Å². The van der Waals surface area contributed by atoms with Crippen molar-refractivity contribution in [1.82, 2.24) is 0 Å². The molecule has 3 rings (SSSR count). The minimum atomic E-state index is 0. The van der Waals surface area contributed by atoms with Crippen LogP contribution in [0.15, 0.2) is 79.0 Å². The van der Waals surface area contributed by atoms with Gasteiger partial charge in [-0.05, 0) is 23.2 Å². The van der Waals surface area contributed by atoms with E-state index in [1.165, 1.54) is 32.1 Å². The molecule has 2 aromatic carbocycles. The summed E-state index contributed by atoms with van der Waals surface area (Å²) in [7, 11) is 0.262. The maximum Gasteiger partial charge on any atom is 2.00 e. The third kappa shape index (κ3) is 17.4. The second kappa shape index (κ2) is 24.6. The molecule has 0 spiro atoms. The van der Waals surface area contributed by atoms with Crippen molar-refractivity contribution in [3.63, 3.8) is 0 Å². The number of benzene rings is 2. The van der Waals surface area contributed by atoms with Gasteiger partial charge in [0, 0.05) is 0 Å². The zero-order valence-corrected chi connectivity index (χ0v) is 26.3. The van der Waals surface area contributed by atoms with Crippen LogP contribution in [-0.4, -0.2) is 23.6 Å². The molecular formula is C33H46O2PRu+.